The Bertz CT molecular complexity index is 1650. The van der Waals surface area contributed by atoms with E-state index in [0.717, 1.165) is 56.4 Å². The first-order valence-electron chi connectivity index (χ1n) is 12.9. The number of urea groups is 1. The highest BCUT2D eigenvalue weighted by atomic mass is 16.2. The Morgan fingerprint density at radius 2 is 1.66 bits per heavy atom. The van der Waals surface area contributed by atoms with E-state index in [1.165, 1.54) is 0 Å². The maximum atomic E-state index is 14.2. The Hall–Kier alpha value is -4.58. The molecule has 0 spiro atoms. The fourth-order valence-electron chi connectivity index (χ4n) is 5.40. The zero-order valence-electron chi connectivity index (χ0n) is 22.1. The van der Waals surface area contributed by atoms with Crippen molar-refractivity contribution < 1.29 is 4.79 Å². The third kappa shape index (κ3) is 4.08. The van der Waals surface area contributed by atoms with Crippen LogP contribution in [0, 0.1) is 27.7 Å². The van der Waals surface area contributed by atoms with Crippen LogP contribution in [0.1, 0.15) is 45.2 Å². The Morgan fingerprint density at radius 3 is 2.45 bits per heavy atom. The van der Waals surface area contributed by atoms with Crippen LogP contribution in [0.3, 0.4) is 0 Å². The zero-order valence-corrected chi connectivity index (χ0v) is 22.1. The first-order valence-corrected chi connectivity index (χ1v) is 12.9. The van der Waals surface area contributed by atoms with E-state index in [9.17, 15) is 4.79 Å². The predicted molar refractivity (Wildman–Crippen MR) is 151 cm³/mol. The number of benzene rings is 3. The number of aryl methyl sites for hydroxylation is 4. The predicted octanol–water partition coefficient (Wildman–Crippen LogP) is 7.03. The highest BCUT2D eigenvalue weighted by molar-refractivity contribution is 5.91. The summed E-state index contributed by atoms with van der Waals surface area (Å²) in [5.74, 6) is 0.966. The minimum absolute atomic E-state index is 0.141. The van der Waals surface area contributed by atoms with Crippen LogP contribution < -0.4 is 5.32 Å². The van der Waals surface area contributed by atoms with Crippen molar-refractivity contribution >= 4 is 11.7 Å². The van der Waals surface area contributed by atoms with Crippen molar-refractivity contribution in [3.63, 3.8) is 0 Å². The van der Waals surface area contributed by atoms with Crippen molar-refractivity contribution in [3.8, 4) is 11.5 Å². The Balaban J connectivity index is 1.54. The van der Waals surface area contributed by atoms with Gasteiger partial charge in [0, 0.05) is 17.4 Å². The number of amides is 2. The van der Waals surface area contributed by atoms with Crippen molar-refractivity contribution in [1.82, 2.24) is 19.2 Å². The van der Waals surface area contributed by atoms with Gasteiger partial charge in [0.2, 0.25) is 0 Å². The molecular weight excluding hydrogens is 470 g/mol. The quantitative estimate of drug-likeness (QED) is 0.288. The molecule has 0 saturated heterocycles. The van der Waals surface area contributed by atoms with Gasteiger partial charge in [0.05, 0.1) is 29.7 Å². The number of para-hydroxylation sites is 1. The van der Waals surface area contributed by atoms with Crippen molar-refractivity contribution in [3.05, 3.63) is 130 Å². The maximum absolute atomic E-state index is 14.2. The monoisotopic (exact) mass is 501 g/mol. The number of anilines is 1. The molecule has 1 aliphatic heterocycles. The molecule has 1 unspecified atom stereocenters. The summed E-state index contributed by atoms with van der Waals surface area (Å²) in [6, 6.07) is 28.5. The number of nitrogens with one attached hydrogen (secondary N) is 1. The zero-order chi connectivity index (χ0) is 26.4. The van der Waals surface area contributed by atoms with E-state index in [1.54, 1.807) is 0 Å². The first kappa shape index (κ1) is 23.8. The smallest absolute Gasteiger partial charge is 0.308 e. The molecule has 3 aromatic carbocycles. The maximum Gasteiger partial charge on any atom is 0.322 e. The Labute approximate surface area is 223 Å². The van der Waals surface area contributed by atoms with E-state index >= 15 is 0 Å². The van der Waals surface area contributed by atoms with Crippen LogP contribution in [-0.2, 0) is 6.54 Å². The van der Waals surface area contributed by atoms with Gasteiger partial charge in [-0.1, -0.05) is 60.2 Å². The lowest BCUT2D eigenvalue weighted by Gasteiger charge is -2.31. The van der Waals surface area contributed by atoms with Gasteiger partial charge in [0.15, 0.2) is 0 Å². The van der Waals surface area contributed by atoms with Crippen LogP contribution in [0.15, 0.2) is 91.1 Å². The third-order valence-corrected chi connectivity index (χ3v) is 7.34. The Kier molecular flexibility index (Phi) is 5.87. The molecule has 2 amide bonds. The molecule has 6 heteroatoms. The molecule has 0 radical (unpaired) electrons. The van der Waals surface area contributed by atoms with Gasteiger partial charge in [-0.15, -0.1) is 0 Å². The summed E-state index contributed by atoms with van der Waals surface area (Å²) < 4.78 is 4.19. The molecule has 6 rings (SSSR count). The van der Waals surface area contributed by atoms with Crippen LogP contribution in [0.25, 0.3) is 11.5 Å². The van der Waals surface area contributed by atoms with Gasteiger partial charge in [-0.05, 0) is 74.7 Å². The van der Waals surface area contributed by atoms with Crippen LogP contribution in [0.5, 0.6) is 0 Å². The molecule has 3 heterocycles. The van der Waals surface area contributed by atoms with Gasteiger partial charge < -0.3 is 14.8 Å². The molecule has 0 aliphatic carbocycles. The molecule has 0 saturated carbocycles. The van der Waals surface area contributed by atoms with Crippen molar-refractivity contribution in [2.75, 3.05) is 5.32 Å². The summed E-state index contributed by atoms with van der Waals surface area (Å²) in [4.78, 5) is 16.1. The summed E-state index contributed by atoms with van der Waals surface area (Å²) in [5, 5.41) is 8.16. The second-order valence-electron chi connectivity index (χ2n) is 10.1. The summed E-state index contributed by atoms with van der Waals surface area (Å²) >= 11 is 0. The SMILES string of the molecule is Cc1cccc(C2c3cccn3-c3c(c(C)nn3-c3ccccc3)CN2C(=O)Nc2cc(C)ccc2C)c1. The number of aromatic nitrogens is 3. The molecular formula is C32H31N5O. The van der Waals surface area contributed by atoms with Crippen LogP contribution in [0.4, 0.5) is 10.5 Å². The number of fused-ring (bicyclic) bond motifs is 3. The van der Waals surface area contributed by atoms with Gasteiger partial charge >= 0.3 is 6.03 Å². The van der Waals surface area contributed by atoms with Crippen molar-refractivity contribution in [2.45, 2.75) is 40.3 Å². The van der Waals surface area contributed by atoms with Crippen molar-refractivity contribution in [2.24, 2.45) is 0 Å². The van der Waals surface area contributed by atoms with E-state index in [2.05, 4.69) is 71.5 Å². The fourth-order valence-corrected chi connectivity index (χ4v) is 5.40. The molecule has 1 N–H and O–H groups in total. The van der Waals surface area contributed by atoms with E-state index < -0.39 is 0 Å². The molecule has 38 heavy (non-hydrogen) atoms. The highest BCUT2D eigenvalue weighted by Gasteiger charge is 2.36. The molecule has 5 aromatic rings. The van der Waals surface area contributed by atoms with Gasteiger partial charge in [-0.3, -0.25) is 0 Å². The number of hydrogen-bond donors (Lipinski definition) is 1. The van der Waals surface area contributed by atoms with Crippen LogP contribution in [0.2, 0.25) is 0 Å². The van der Waals surface area contributed by atoms with E-state index in [4.69, 9.17) is 5.10 Å². The summed E-state index contributed by atoms with van der Waals surface area (Å²) in [6.45, 7) is 8.59. The molecule has 6 nitrogen and oxygen atoms in total. The summed E-state index contributed by atoms with van der Waals surface area (Å²) in [5.41, 5.74) is 9.12. The van der Waals surface area contributed by atoms with Gasteiger partial charge in [0.25, 0.3) is 0 Å². The molecule has 1 aliphatic rings. The van der Waals surface area contributed by atoms with Gasteiger partial charge in [-0.25, -0.2) is 9.48 Å². The third-order valence-electron chi connectivity index (χ3n) is 7.34. The highest BCUT2D eigenvalue weighted by Crippen LogP contribution is 2.39. The number of rotatable bonds is 3. The number of carbonyl (C=O) groups is 1. The normalized spacial score (nSPS) is 14.5. The van der Waals surface area contributed by atoms with Gasteiger partial charge in [0.1, 0.15) is 5.82 Å². The minimum Gasteiger partial charge on any atom is -0.308 e. The van der Waals surface area contributed by atoms with E-state index in [1.807, 2.05) is 66.8 Å². The average Bonchev–Trinajstić information content (AvgIpc) is 3.47. The number of nitrogens with zero attached hydrogens (tertiary/aromatic N) is 4. The van der Waals surface area contributed by atoms with Crippen molar-refractivity contribution in [1.29, 1.82) is 0 Å². The Morgan fingerprint density at radius 1 is 0.868 bits per heavy atom. The van der Waals surface area contributed by atoms with E-state index in [-0.39, 0.29) is 12.1 Å². The number of hydrogen-bond acceptors (Lipinski definition) is 2. The van der Waals surface area contributed by atoms with Crippen LogP contribution in [-0.4, -0.2) is 25.3 Å². The number of carbonyl (C=O) groups excluding carboxylic acids is 1. The minimum atomic E-state index is -0.286. The second kappa shape index (κ2) is 9.38. The lowest BCUT2D eigenvalue weighted by molar-refractivity contribution is 0.194. The molecule has 0 bridgehead atoms. The van der Waals surface area contributed by atoms with Gasteiger partial charge in [-0.2, -0.15) is 5.10 Å². The van der Waals surface area contributed by atoms with E-state index in [0.29, 0.717) is 6.54 Å². The average molecular weight is 502 g/mol. The fraction of sp³-hybridized carbons (Fsp3) is 0.188. The standard InChI is InChI=1S/C32H31N5O/c1-21-10-8-11-25(18-21)30-29-14-9-17-35(29)31-27(24(4)34-37(31)26-12-6-5-7-13-26)20-36(30)32(38)33-28-19-22(2)15-16-23(28)3/h5-19,30H,20H2,1-4H3,(H,33,38). The summed E-state index contributed by atoms with van der Waals surface area (Å²) in [6.07, 6.45) is 2.07. The topological polar surface area (TPSA) is 55.1 Å². The molecule has 0 fully saturated rings. The molecule has 1 atom stereocenters. The first-order chi connectivity index (χ1) is 18.4. The second-order valence-corrected chi connectivity index (χ2v) is 10.1. The largest absolute Gasteiger partial charge is 0.322 e. The molecule has 2 aromatic heterocycles. The lowest BCUT2D eigenvalue weighted by atomic mass is 10.00. The lowest BCUT2D eigenvalue weighted by Crippen LogP contribution is -2.38. The summed E-state index contributed by atoms with van der Waals surface area (Å²) in [7, 11) is 0. The van der Waals surface area contributed by atoms with Crippen LogP contribution >= 0.6 is 0 Å². The molecule has 190 valence electrons.